The second-order valence-electron chi connectivity index (χ2n) is 7.81. The van der Waals surface area contributed by atoms with E-state index in [1.165, 1.54) is 44.1 Å². The van der Waals surface area contributed by atoms with E-state index >= 15 is 0 Å². The summed E-state index contributed by atoms with van der Waals surface area (Å²) in [6.07, 6.45) is 8.04. The Kier molecular flexibility index (Phi) is 6.09. The first kappa shape index (κ1) is 19.6. The van der Waals surface area contributed by atoms with Crippen molar-refractivity contribution >= 4 is 23.2 Å². The van der Waals surface area contributed by atoms with Crippen molar-refractivity contribution in [2.45, 2.75) is 49.3 Å². The van der Waals surface area contributed by atoms with Crippen LogP contribution in [0.15, 0.2) is 78.9 Å². The molecule has 1 aliphatic rings. The fraction of sp³-hybridized carbons (Fsp3) is 0.308. The van der Waals surface area contributed by atoms with E-state index in [9.17, 15) is 0 Å². The maximum Gasteiger partial charge on any atom is 0.121 e. The molecule has 4 rings (SSSR count). The van der Waals surface area contributed by atoms with Crippen LogP contribution in [0.3, 0.4) is 0 Å². The summed E-state index contributed by atoms with van der Waals surface area (Å²) < 4.78 is 0. The van der Waals surface area contributed by atoms with Gasteiger partial charge in [-0.05, 0) is 41.5 Å². The number of benzene rings is 3. The average molecular weight is 409 g/mol. The molecule has 1 saturated carbocycles. The van der Waals surface area contributed by atoms with Crippen LogP contribution in [0, 0.1) is 0 Å². The fourth-order valence-corrected chi connectivity index (χ4v) is 5.23. The lowest BCUT2D eigenvalue weighted by Gasteiger charge is -2.30. The molecule has 1 fully saturated rings. The molecule has 0 nitrogen and oxygen atoms in total. The van der Waals surface area contributed by atoms with Gasteiger partial charge in [0.15, 0.2) is 0 Å². The van der Waals surface area contributed by atoms with Crippen molar-refractivity contribution in [3.8, 4) is 0 Å². The average Bonchev–Trinajstić information content (AvgIpc) is 3.04. The molecule has 0 bridgehead atoms. The van der Waals surface area contributed by atoms with Gasteiger partial charge in [0.1, 0.15) is 4.87 Å². The monoisotopic (exact) mass is 408 g/mol. The second-order valence-corrected chi connectivity index (χ2v) is 8.79. The Balaban J connectivity index is 1.76. The highest BCUT2D eigenvalue weighted by Crippen LogP contribution is 2.46. The summed E-state index contributed by atoms with van der Waals surface area (Å²) in [6, 6.07) is 27.1. The van der Waals surface area contributed by atoms with Crippen LogP contribution in [-0.2, 0) is 4.87 Å². The summed E-state index contributed by atoms with van der Waals surface area (Å²) in [5.74, 6) is 0.679. The molecule has 1 unspecified atom stereocenters. The van der Waals surface area contributed by atoms with Crippen molar-refractivity contribution in [3.63, 3.8) is 0 Å². The van der Waals surface area contributed by atoms with Gasteiger partial charge in [-0.15, -0.1) is 11.6 Å². The quantitative estimate of drug-likeness (QED) is 0.231. The Morgan fingerprint density at radius 3 is 1.86 bits per heavy atom. The maximum absolute atomic E-state index is 7.40. The zero-order valence-electron chi connectivity index (χ0n) is 16.1. The normalized spacial score (nSPS) is 17.6. The molecular weight excluding hydrogens is 383 g/mol. The van der Waals surface area contributed by atoms with Crippen molar-refractivity contribution in [1.82, 2.24) is 0 Å². The summed E-state index contributed by atoms with van der Waals surface area (Å²) >= 11 is 14.0. The van der Waals surface area contributed by atoms with Gasteiger partial charge in [-0.3, -0.25) is 0 Å². The van der Waals surface area contributed by atoms with Gasteiger partial charge < -0.3 is 0 Å². The van der Waals surface area contributed by atoms with Crippen LogP contribution in [-0.4, -0.2) is 0 Å². The van der Waals surface area contributed by atoms with Crippen LogP contribution < -0.4 is 0 Å². The van der Waals surface area contributed by atoms with E-state index in [0.717, 1.165) is 16.7 Å². The Morgan fingerprint density at radius 2 is 1.21 bits per heavy atom. The minimum atomic E-state index is -0.804. The molecule has 144 valence electrons. The molecule has 0 saturated heterocycles. The first-order chi connectivity index (χ1) is 13.7. The number of hydrogen-bond donors (Lipinski definition) is 0. The molecule has 0 spiro atoms. The van der Waals surface area contributed by atoms with Crippen molar-refractivity contribution < 1.29 is 0 Å². The number of hydrogen-bond acceptors (Lipinski definition) is 0. The van der Waals surface area contributed by atoms with Gasteiger partial charge in [0.05, 0.1) is 0 Å². The van der Waals surface area contributed by atoms with Crippen LogP contribution >= 0.6 is 23.2 Å². The summed E-state index contributed by atoms with van der Waals surface area (Å²) in [5.41, 5.74) is 4.46. The highest BCUT2D eigenvalue weighted by Gasteiger charge is 2.35. The fourth-order valence-electron chi connectivity index (χ4n) is 4.48. The van der Waals surface area contributed by atoms with Gasteiger partial charge in [0.2, 0.25) is 0 Å². The third-order valence-corrected chi connectivity index (χ3v) is 7.02. The first-order valence-electron chi connectivity index (χ1n) is 10.3. The molecule has 28 heavy (non-hydrogen) atoms. The number of rotatable bonds is 4. The highest BCUT2D eigenvalue weighted by atomic mass is 35.5. The molecule has 0 heterocycles. The Bertz CT molecular complexity index is 893. The van der Waals surface area contributed by atoms with Crippen molar-refractivity contribution in [2.75, 3.05) is 0 Å². The van der Waals surface area contributed by atoms with E-state index in [1.807, 2.05) is 42.5 Å². The summed E-state index contributed by atoms with van der Waals surface area (Å²) in [7, 11) is 0. The van der Waals surface area contributed by atoms with Gasteiger partial charge in [0, 0.05) is 10.6 Å². The third kappa shape index (κ3) is 3.86. The zero-order valence-corrected chi connectivity index (χ0v) is 17.6. The van der Waals surface area contributed by atoms with Gasteiger partial charge in [-0.25, -0.2) is 0 Å². The lowest BCUT2D eigenvalue weighted by atomic mass is 9.82. The molecule has 2 heteroatoms. The van der Waals surface area contributed by atoms with Gasteiger partial charge in [-0.2, -0.15) is 0 Å². The summed E-state index contributed by atoms with van der Waals surface area (Å²) in [4.78, 5) is -0.804. The number of halogens is 2. The molecule has 0 N–H and O–H groups in total. The Labute approximate surface area is 178 Å². The minimum absolute atomic E-state index is 0.679. The van der Waals surface area contributed by atoms with Crippen molar-refractivity contribution in [2.24, 2.45) is 0 Å². The minimum Gasteiger partial charge on any atom is -0.103 e. The molecular formula is C26H26Cl2. The van der Waals surface area contributed by atoms with Crippen LogP contribution in [0.4, 0.5) is 0 Å². The van der Waals surface area contributed by atoms with Gasteiger partial charge in [0.25, 0.3) is 0 Å². The highest BCUT2D eigenvalue weighted by molar-refractivity contribution is 6.34. The molecule has 1 aliphatic carbocycles. The maximum atomic E-state index is 7.40. The summed E-state index contributed by atoms with van der Waals surface area (Å²) in [6.45, 7) is 0. The van der Waals surface area contributed by atoms with Crippen LogP contribution in [0.1, 0.15) is 66.7 Å². The molecule has 1 atom stereocenters. The van der Waals surface area contributed by atoms with E-state index in [1.54, 1.807) is 0 Å². The van der Waals surface area contributed by atoms with Gasteiger partial charge in [-0.1, -0.05) is 110 Å². The lowest BCUT2D eigenvalue weighted by Crippen LogP contribution is -2.23. The van der Waals surface area contributed by atoms with E-state index < -0.39 is 4.87 Å². The molecule has 0 amide bonds. The largest absolute Gasteiger partial charge is 0.121 e. The lowest BCUT2D eigenvalue weighted by molar-refractivity contribution is 0.592. The standard InChI is InChI=1S/C26H26Cl2/c27-25-15-9-8-14-24(25)26(28,22-12-6-3-7-13-22)23-18-16-21(17-19-23)20-10-4-1-2-5-11-20/h3,6-9,12-20H,1-2,4-5,10-11H2. The first-order valence-corrected chi connectivity index (χ1v) is 11.0. The predicted molar refractivity (Wildman–Crippen MR) is 121 cm³/mol. The predicted octanol–water partition coefficient (Wildman–Crippen LogP) is 8.31. The van der Waals surface area contributed by atoms with Crippen LogP contribution in [0.25, 0.3) is 0 Å². The smallest absolute Gasteiger partial charge is 0.103 e. The molecule has 3 aromatic rings. The molecule has 0 aliphatic heterocycles. The second kappa shape index (κ2) is 8.72. The zero-order chi connectivity index (χ0) is 19.4. The van der Waals surface area contributed by atoms with E-state index in [2.05, 4.69) is 36.4 Å². The van der Waals surface area contributed by atoms with Crippen molar-refractivity contribution in [3.05, 3.63) is 106 Å². The molecule has 3 aromatic carbocycles. The van der Waals surface area contributed by atoms with E-state index in [0.29, 0.717) is 10.9 Å². The third-order valence-electron chi connectivity index (χ3n) is 6.05. The van der Waals surface area contributed by atoms with Crippen LogP contribution in [0.2, 0.25) is 5.02 Å². The van der Waals surface area contributed by atoms with E-state index in [-0.39, 0.29) is 0 Å². The Morgan fingerprint density at radius 1 is 0.643 bits per heavy atom. The number of alkyl halides is 1. The SMILES string of the molecule is Clc1ccccc1C(Cl)(c1ccccc1)c1ccc(C2CCCCCC2)cc1. The topological polar surface area (TPSA) is 0 Å². The molecule has 0 radical (unpaired) electrons. The van der Waals surface area contributed by atoms with Crippen LogP contribution in [0.5, 0.6) is 0 Å². The summed E-state index contributed by atoms with van der Waals surface area (Å²) in [5, 5.41) is 0.689. The van der Waals surface area contributed by atoms with E-state index in [4.69, 9.17) is 23.2 Å². The Hall–Kier alpha value is -1.76. The molecule has 0 aromatic heterocycles. The van der Waals surface area contributed by atoms with Crippen molar-refractivity contribution in [1.29, 1.82) is 0 Å². The van der Waals surface area contributed by atoms with Gasteiger partial charge >= 0.3 is 0 Å².